The average molecular weight is 611 g/mol. The first kappa shape index (κ1) is 32.1. The maximum absolute atomic E-state index is 15.1. The van der Waals surface area contributed by atoms with E-state index in [0.29, 0.717) is 31.9 Å². The van der Waals surface area contributed by atoms with E-state index in [1.807, 2.05) is 29.2 Å². The number of guanidine groups is 1. The molecular formula is C29H27F4KN4O4. The fourth-order valence-corrected chi connectivity index (χ4v) is 5.24. The SMILES string of the molecule is COc1cccc(N2CCN(C3=Nc4c(F)cccc4[C@H](CC(=O)[O-])N3c3cc(C(F)(F)F)ccc3OC)CC2)c1.[K+]. The Bertz CT molecular complexity index is 1480. The maximum Gasteiger partial charge on any atom is 1.00 e. The number of piperazine rings is 1. The fraction of sp³-hybridized carbons (Fsp3) is 0.310. The van der Waals surface area contributed by atoms with Gasteiger partial charge in [-0.15, -0.1) is 0 Å². The minimum absolute atomic E-state index is 0. The van der Waals surface area contributed by atoms with E-state index in [4.69, 9.17) is 9.47 Å². The van der Waals surface area contributed by atoms with E-state index in [2.05, 4.69) is 9.89 Å². The second kappa shape index (κ2) is 13.2. The number of anilines is 2. The summed E-state index contributed by atoms with van der Waals surface area (Å²) in [7, 11) is 2.89. The number of carboxylic acids is 1. The van der Waals surface area contributed by atoms with E-state index in [0.717, 1.165) is 17.8 Å². The summed E-state index contributed by atoms with van der Waals surface area (Å²) in [5, 5.41) is 11.9. The van der Waals surface area contributed by atoms with Crippen LogP contribution in [0.25, 0.3) is 0 Å². The number of alkyl halides is 3. The summed E-state index contributed by atoms with van der Waals surface area (Å²) < 4.78 is 67.3. The number of ether oxygens (including phenoxy) is 2. The molecule has 8 nitrogen and oxygen atoms in total. The smallest absolute Gasteiger partial charge is 0.550 e. The number of rotatable bonds is 6. The van der Waals surface area contributed by atoms with Gasteiger partial charge in [0.15, 0.2) is 0 Å². The van der Waals surface area contributed by atoms with Crippen molar-refractivity contribution in [3.8, 4) is 11.5 Å². The number of aliphatic imine (C=N–C) groups is 1. The first-order valence-corrected chi connectivity index (χ1v) is 12.9. The average Bonchev–Trinajstić information content (AvgIpc) is 2.96. The molecule has 1 saturated heterocycles. The Hall–Kier alpha value is -2.84. The Balaban J connectivity index is 0.00000405. The van der Waals surface area contributed by atoms with E-state index in [9.17, 15) is 23.1 Å². The standard InChI is InChI=1S/C29H28F4N4O4.K/c1-40-20-6-3-5-19(16-20)35-11-13-36(14-12-35)28-34-27-21(7-4-8-22(27)30)23(17-26(38)39)37(28)24-15-18(29(31,32)33)9-10-25(24)41-2;/h3-10,15-16,23H,11-14,17H2,1-2H3,(H,38,39);/q;+1/p-1/t23-;/m0./s1. The molecule has 0 unspecified atom stereocenters. The Morgan fingerprint density at radius 3 is 2.31 bits per heavy atom. The number of methoxy groups -OCH3 is 2. The van der Waals surface area contributed by atoms with Crippen molar-refractivity contribution in [2.45, 2.75) is 18.6 Å². The monoisotopic (exact) mass is 610 g/mol. The number of para-hydroxylation sites is 1. The van der Waals surface area contributed by atoms with Crippen LogP contribution >= 0.6 is 0 Å². The van der Waals surface area contributed by atoms with Gasteiger partial charge >= 0.3 is 57.6 Å². The fourth-order valence-electron chi connectivity index (χ4n) is 5.24. The van der Waals surface area contributed by atoms with Crippen molar-refractivity contribution in [1.29, 1.82) is 0 Å². The van der Waals surface area contributed by atoms with Crippen molar-refractivity contribution in [3.63, 3.8) is 0 Å². The Morgan fingerprint density at radius 2 is 1.67 bits per heavy atom. The summed E-state index contributed by atoms with van der Waals surface area (Å²) in [5.74, 6) is -1.23. The zero-order valence-electron chi connectivity index (χ0n) is 23.3. The van der Waals surface area contributed by atoms with E-state index >= 15 is 4.39 Å². The van der Waals surface area contributed by atoms with Crippen molar-refractivity contribution >= 4 is 29.0 Å². The normalized spacial score (nSPS) is 16.8. The molecule has 2 heterocycles. The molecule has 1 fully saturated rings. The molecule has 0 N–H and O–H groups in total. The van der Waals surface area contributed by atoms with Crippen molar-refractivity contribution in [1.82, 2.24) is 4.90 Å². The van der Waals surface area contributed by atoms with Crippen LogP contribution in [0, 0.1) is 5.82 Å². The summed E-state index contributed by atoms with van der Waals surface area (Å²) in [6.07, 6.45) is -5.30. The zero-order chi connectivity index (χ0) is 29.3. The Kier molecular flexibility index (Phi) is 10.1. The number of halogens is 4. The van der Waals surface area contributed by atoms with Crippen LogP contribution < -0.4 is 75.8 Å². The number of fused-ring (bicyclic) bond motifs is 1. The topological polar surface area (TPSA) is 80.7 Å². The van der Waals surface area contributed by atoms with Crippen LogP contribution in [0.2, 0.25) is 0 Å². The van der Waals surface area contributed by atoms with Gasteiger partial charge in [0.2, 0.25) is 5.96 Å². The summed E-state index contributed by atoms with van der Waals surface area (Å²) in [6.45, 7) is 1.76. The molecule has 0 saturated carbocycles. The molecule has 2 aliphatic heterocycles. The zero-order valence-corrected chi connectivity index (χ0v) is 26.4. The Morgan fingerprint density at radius 1 is 0.976 bits per heavy atom. The summed E-state index contributed by atoms with van der Waals surface area (Å²) >= 11 is 0. The van der Waals surface area contributed by atoms with Crippen LogP contribution in [-0.4, -0.2) is 57.2 Å². The molecule has 1 atom stereocenters. The van der Waals surface area contributed by atoms with Gasteiger partial charge in [0.05, 0.1) is 31.5 Å². The largest absolute Gasteiger partial charge is 1.00 e. The minimum Gasteiger partial charge on any atom is -0.550 e. The van der Waals surface area contributed by atoms with Gasteiger partial charge in [-0.3, -0.25) is 0 Å². The van der Waals surface area contributed by atoms with Crippen molar-refractivity contribution in [2.75, 3.05) is 50.2 Å². The molecule has 13 heteroatoms. The van der Waals surface area contributed by atoms with Gasteiger partial charge in [0.25, 0.3) is 0 Å². The summed E-state index contributed by atoms with van der Waals surface area (Å²) in [4.78, 5) is 21.8. The summed E-state index contributed by atoms with van der Waals surface area (Å²) in [6, 6.07) is 13.5. The van der Waals surface area contributed by atoms with Gasteiger partial charge in [-0.2, -0.15) is 13.2 Å². The number of carbonyl (C=O) groups is 1. The van der Waals surface area contributed by atoms with Gasteiger partial charge in [-0.05, 0) is 36.4 Å². The van der Waals surface area contributed by atoms with Crippen LogP contribution in [-0.2, 0) is 11.0 Å². The van der Waals surface area contributed by atoms with Gasteiger partial charge in [-0.25, -0.2) is 9.38 Å². The number of nitrogens with zero attached hydrogens (tertiary/aromatic N) is 4. The van der Waals surface area contributed by atoms with Crippen LogP contribution in [0.5, 0.6) is 11.5 Å². The molecule has 0 amide bonds. The van der Waals surface area contributed by atoms with Crippen LogP contribution in [0.1, 0.15) is 23.6 Å². The third-order valence-corrected chi connectivity index (χ3v) is 7.22. The predicted molar refractivity (Wildman–Crippen MR) is 143 cm³/mol. The van der Waals surface area contributed by atoms with Gasteiger partial charge in [0.1, 0.15) is 23.0 Å². The molecule has 42 heavy (non-hydrogen) atoms. The van der Waals surface area contributed by atoms with Gasteiger partial charge in [0, 0.05) is 55.9 Å². The molecular weight excluding hydrogens is 583 g/mol. The van der Waals surface area contributed by atoms with Gasteiger partial charge in [-0.1, -0.05) is 18.2 Å². The molecule has 0 spiro atoms. The number of hydrogen-bond acceptors (Lipinski definition) is 8. The van der Waals surface area contributed by atoms with E-state index in [-0.39, 0.29) is 80.0 Å². The third kappa shape index (κ3) is 6.54. The first-order valence-electron chi connectivity index (χ1n) is 12.9. The molecule has 216 valence electrons. The third-order valence-electron chi connectivity index (χ3n) is 7.22. The number of hydrogen-bond donors (Lipinski definition) is 0. The molecule has 5 rings (SSSR count). The molecule has 0 aliphatic carbocycles. The summed E-state index contributed by atoms with van der Waals surface area (Å²) in [5.41, 5.74) is 0.0843. The van der Waals surface area contributed by atoms with E-state index in [1.165, 1.54) is 36.3 Å². The van der Waals surface area contributed by atoms with Crippen LogP contribution in [0.4, 0.5) is 34.6 Å². The second-order valence-corrected chi connectivity index (χ2v) is 9.61. The van der Waals surface area contributed by atoms with Gasteiger partial charge < -0.3 is 34.1 Å². The molecule has 0 aromatic heterocycles. The quantitative estimate of drug-likeness (QED) is 0.308. The van der Waals surface area contributed by atoms with E-state index < -0.39 is 36.0 Å². The van der Waals surface area contributed by atoms with Crippen molar-refractivity contribution in [2.24, 2.45) is 4.99 Å². The minimum atomic E-state index is -4.68. The first-order chi connectivity index (χ1) is 19.6. The van der Waals surface area contributed by atoms with Crippen molar-refractivity contribution < 1.29 is 88.3 Å². The number of carbonyl (C=O) groups excluding carboxylic acids is 1. The van der Waals surface area contributed by atoms with Crippen LogP contribution in [0.15, 0.2) is 65.7 Å². The Labute approximate surface area is 282 Å². The number of carboxylic acid groups (broad SMARTS) is 1. The van der Waals surface area contributed by atoms with Crippen LogP contribution in [0.3, 0.4) is 0 Å². The van der Waals surface area contributed by atoms with Crippen molar-refractivity contribution in [3.05, 3.63) is 77.6 Å². The molecule has 3 aromatic carbocycles. The van der Waals surface area contributed by atoms with E-state index in [1.54, 1.807) is 7.11 Å². The predicted octanol–water partition coefficient (Wildman–Crippen LogP) is 1.38. The molecule has 0 bridgehead atoms. The molecule has 2 aliphatic rings. The molecule has 3 aromatic rings. The molecule has 0 radical (unpaired) electrons. The maximum atomic E-state index is 15.1. The second-order valence-electron chi connectivity index (χ2n) is 9.61. The number of aliphatic carboxylic acids is 1. The number of benzene rings is 3.